The standard InChI is InChI=1S/C12H17FN2/c1-8(2)7-15-12(14)10-4-5-11(13)9(3)6-10/h4-6,8H,7H2,1-3H3,(H2,14,15). The maximum absolute atomic E-state index is 13.0. The first kappa shape index (κ1) is 11.7. The van der Waals surface area contributed by atoms with Crippen molar-refractivity contribution >= 4 is 5.84 Å². The fraction of sp³-hybridized carbons (Fsp3) is 0.417. The third kappa shape index (κ3) is 3.35. The summed E-state index contributed by atoms with van der Waals surface area (Å²) >= 11 is 0. The molecular formula is C12H17FN2. The molecule has 1 aromatic carbocycles. The molecule has 0 saturated heterocycles. The van der Waals surface area contributed by atoms with Gasteiger partial charge in [0, 0.05) is 12.1 Å². The van der Waals surface area contributed by atoms with Crippen molar-refractivity contribution in [1.29, 1.82) is 0 Å². The molecule has 82 valence electrons. The van der Waals surface area contributed by atoms with Crippen LogP contribution in [-0.4, -0.2) is 12.4 Å². The summed E-state index contributed by atoms with van der Waals surface area (Å²) in [5.41, 5.74) is 7.17. The van der Waals surface area contributed by atoms with Crippen LogP contribution in [0.25, 0.3) is 0 Å². The van der Waals surface area contributed by atoms with Crippen molar-refractivity contribution in [2.75, 3.05) is 6.54 Å². The molecule has 0 bridgehead atoms. The van der Waals surface area contributed by atoms with Gasteiger partial charge in [0.25, 0.3) is 0 Å². The highest BCUT2D eigenvalue weighted by molar-refractivity contribution is 5.97. The number of aryl methyl sites for hydroxylation is 1. The van der Waals surface area contributed by atoms with Gasteiger partial charge in [-0.25, -0.2) is 4.39 Å². The van der Waals surface area contributed by atoms with Crippen molar-refractivity contribution in [3.8, 4) is 0 Å². The molecule has 0 heterocycles. The minimum Gasteiger partial charge on any atom is -0.384 e. The van der Waals surface area contributed by atoms with Crippen LogP contribution in [0.5, 0.6) is 0 Å². The fourth-order valence-electron chi connectivity index (χ4n) is 1.18. The van der Waals surface area contributed by atoms with E-state index in [1.807, 2.05) is 0 Å². The highest BCUT2D eigenvalue weighted by Crippen LogP contribution is 2.09. The maximum atomic E-state index is 13.0. The van der Waals surface area contributed by atoms with E-state index in [0.29, 0.717) is 23.9 Å². The summed E-state index contributed by atoms with van der Waals surface area (Å²) in [6.07, 6.45) is 0. The third-order valence-corrected chi connectivity index (χ3v) is 2.08. The zero-order valence-electron chi connectivity index (χ0n) is 9.42. The van der Waals surface area contributed by atoms with E-state index in [-0.39, 0.29) is 5.82 Å². The van der Waals surface area contributed by atoms with Gasteiger partial charge in [0.1, 0.15) is 11.7 Å². The fourth-order valence-corrected chi connectivity index (χ4v) is 1.18. The Hall–Kier alpha value is -1.38. The number of hydrogen-bond donors (Lipinski definition) is 1. The van der Waals surface area contributed by atoms with E-state index in [1.54, 1.807) is 19.1 Å². The average molecular weight is 208 g/mol. The third-order valence-electron chi connectivity index (χ3n) is 2.08. The van der Waals surface area contributed by atoms with E-state index in [4.69, 9.17) is 5.73 Å². The first-order valence-corrected chi connectivity index (χ1v) is 5.07. The summed E-state index contributed by atoms with van der Waals surface area (Å²) in [6.45, 7) is 6.57. The van der Waals surface area contributed by atoms with Gasteiger partial charge in [-0.1, -0.05) is 13.8 Å². The molecule has 1 aromatic rings. The molecule has 0 amide bonds. The second kappa shape index (κ2) is 4.91. The van der Waals surface area contributed by atoms with E-state index in [2.05, 4.69) is 18.8 Å². The lowest BCUT2D eigenvalue weighted by Gasteiger charge is -2.04. The van der Waals surface area contributed by atoms with Crippen molar-refractivity contribution < 1.29 is 4.39 Å². The van der Waals surface area contributed by atoms with Gasteiger partial charge in [0.2, 0.25) is 0 Å². The Labute approximate surface area is 90.0 Å². The number of amidine groups is 1. The average Bonchev–Trinajstić information content (AvgIpc) is 2.18. The lowest BCUT2D eigenvalue weighted by Crippen LogP contribution is -2.15. The van der Waals surface area contributed by atoms with Gasteiger partial charge in [0.15, 0.2) is 0 Å². The quantitative estimate of drug-likeness (QED) is 0.601. The maximum Gasteiger partial charge on any atom is 0.126 e. The van der Waals surface area contributed by atoms with Crippen LogP contribution in [0.1, 0.15) is 25.0 Å². The molecule has 0 spiro atoms. The van der Waals surface area contributed by atoms with Crippen molar-refractivity contribution in [1.82, 2.24) is 0 Å². The highest BCUT2D eigenvalue weighted by Gasteiger charge is 2.02. The van der Waals surface area contributed by atoms with E-state index in [1.165, 1.54) is 6.07 Å². The molecular weight excluding hydrogens is 191 g/mol. The summed E-state index contributed by atoms with van der Waals surface area (Å²) in [5.74, 6) is 0.743. The summed E-state index contributed by atoms with van der Waals surface area (Å²) < 4.78 is 13.0. The molecule has 1 rings (SSSR count). The predicted molar refractivity (Wildman–Crippen MR) is 61.6 cm³/mol. The molecule has 0 aliphatic rings. The van der Waals surface area contributed by atoms with Gasteiger partial charge in [-0.05, 0) is 36.6 Å². The van der Waals surface area contributed by atoms with Crippen LogP contribution in [0.4, 0.5) is 4.39 Å². The highest BCUT2D eigenvalue weighted by atomic mass is 19.1. The number of nitrogens with zero attached hydrogens (tertiary/aromatic N) is 1. The molecule has 15 heavy (non-hydrogen) atoms. The van der Waals surface area contributed by atoms with E-state index in [0.717, 1.165) is 5.56 Å². The summed E-state index contributed by atoms with van der Waals surface area (Å²) in [7, 11) is 0. The van der Waals surface area contributed by atoms with E-state index in [9.17, 15) is 4.39 Å². The van der Waals surface area contributed by atoms with Gasteiger partial charge in [-0.15, -0.1) is 0 Å². The molecule has 0 saturated carbocycles. The monoisotopic (exact) mass is 208 g/mol. The number of nitrogens with two attached hydrogens (primary N) is 1. The predicted octanol–water partition coefficient (Wildman–Crippen LogP) is 2.50. The van der Waals surface area contributed by atoms with Crippen molar-refractivity contribution in [3.63, 3.8) is 0 Å². The smallest absolute Gasteiger partial charge is 0.126 e. The normalized spacial score (nSPS) is 12.2. The minimum atomic E-state index is -0.213. The van der Waals surface area contributed by atoms with Crippen molar-refractivity contribution in [3.05, 3.63) is 35.1 Å². The molecule has 0 atom stereocenters. The van der Waals surface area contributed by atoms with Crippen LogP contribution in [0, 0.1) is 18.7 Å². The van der Waals surface area contributed by atoms with Crippen LogP contribution < -0.4 is 5.73 Å². The Morgan fingerprint density at radius 2 is 2.13 bits per heavy atom. The zero-order valence-corrected chi connectivity index (χ0v) is 9.42. The van der Waals surface area contributed by atoms with Gasteiger partial charge in [-0.3, -0.25) is 4.99 Å². The Balaban J connectivity index is 2.87. The SMILES string of the molecule is Cc1cc(C(N)=NCC(C)C)ccc1F. The van der Waals surface area contributed by atoms with Crippen LogP contribution in [-0.2, 0) is 0 Å². The van der Waals surface area contributed by atoms with E-state index < -0.39 is 0 Å². The molecule has 0 aliphatic carbocycles. The second-order valence-corrected chi connectivity index (χ2v) is 4.08. The van der Waals surface area contributed by atoms with Crippen molar-refractivity contribution in [2.24, 2.45) is 16.6 Å². The van der Waals surface area contributed by atoms with Gasteiger partial charge >= 0.3 is 0 Å². The van der Waals surface area contributed by atoms with Crippen LogP contribution in [0.3, 0.4) is 0 Å². The van der Waals surface area contributed by atoms with Gasteiger partial charge in [-0.2, -0.15) is 0 Å². The minimum absolute atomic E-state index is 0.213. The van der Waals surface area contributed by atoms with E-state index >= 15 is 0 Å². The molecule has 0 aromatic heterocycles. The van der Waals surface area contributed by atoms with Gasteiger partial charge < -0.3 is 5.73 Å². The number of benzene rings is 1. The van der Waals surface area contributed by atoms with Crippen LogP contribution in [0.2, 0.25) is 0 Å². The number of aliphatic imine (C=N–C) groups is 1. The number of hydrogen-bond acceptors (Lipinski definition) is 1. The van der Waals surface area contributed by atoms with Crippen LogP contribution in [0.15, 0.2) is 23.2 Å². The summed E-state index contributed by atoms with van der Waals surface area (Å²) in [6, 6.07) is 4.79. The Morgan fingerprint density at radius 1 is 1.47 bits per heavy atom. The summed E-state index contributed by atoms with van der Waals surface area (Å²) in [4.78, 5) is 4.24. The molecule has 2 nitrogen and oxygen atoms in total. The Morgan fingerprint density at radius 3 is 2.67 bits per heavy atom. The van der Waals surface area contributed by atoms with Gasteiger partial charge in [0.05, 0.1) is 0 Å². The number of halogens is 1. The largest absolute Gasteiger partial charge is 0.384 e. The lowest BCUT2D eigenvalue weighted by molar-refractivity contribution is 0.618. The zero-order chi connectivity index (χ0) is 11.4. The topological polar surface area (TPSA) is 38.4 Å². The summed E-state index contributed by atoms with van der Waals surface area (Å²) in [5, 5.41) is 0. The Kier molecular flexibility index (Phi) is 3.83. The first-order chi connectivity index (χ1) is 7.00. The Bertz CT molecular complexity index is 370. The second-order valence-electron chi connectivity index (χ2n) is 4.08. The number of rotatable bonds is 3. The van der Waals surface area contributed by atoms with Crippen molar-refractivity contribution in [2.45, 2.75) is 20.8 Å². The first-order valence-electron chi connectivity index (χ1n) is 5.07. The van der Waals surface area contributed by atoms with Crippen LogP contribution >= 0.6 is 0 Å². The molecule has 2 N–H and O–H groups in total. The molecule has 0 unspecified atom stereocenters. The molecule has 0 radical (unpaired) electrons. The molecule has 0 aliphatic heterocycles. The molecule has 0 fully saturated rings. The molecule has 3 heteroatoms. The lowest BCUT2D eigenvalue weighted by atomic mass is 10.1.